The first-order valence-corrected chi connectivity index (χ1v) is 16.1. The summed E-state index contributed by atoms with van der Waals surface area (Å²) >= 11 is 5.99. The first-order valence-electron chi connectivity index (χ1n) is 6.49. The molecule has 0 aliphatic rings. The normalized spacial score (nSPS) is 18.0. The molecule has 104 valence electrons. The van der Waals surface area contributed by atoms with E-state index in [4.69, 9.17) is 15.5 Å². The molecule has 0 aliphatic heterocycles. The summed E-state index contributed by atoms with van der Waals surface area (Å²) in [6, 6.07) is 0. The van der Waals surface area contributed by atoms with Crippen molar-refractivity contribution in [2.24, 2.45) is 0 Å². The number of nitrogens with zero attached hydrogens (tertiary/aromatic N) is 1. The molecule has 0 bridgehead atoms. The van der Waals surface area contributed by atoms with Crippen molar-refractivity contribution in [1.29, 1.82) is 0 Å². The van der Waals surface area contributed by atoms with E-state index in [0.717, 1.165) is 12.8 Å². The van der Waals surface area contributed by atoms with Crippen LogP contribution in [0.4, 0.5) is 0 Å². The quantitative estimate of drug-likeness (QED) is 0.403. The second-order valence-corrected chi connectivity index (χ2v) is 18.0. The summed E-state index contributed by atoms with van der Waals surface area (Å²) < 4.78 is 8.83. The minimum atomic E-state index is -1.40. The summed E-state index contributed by atoms with van der Waals surface area (Å²) in [7, 11) is -3.69. The third-order valence-electron chi connectivity index (χ3n) is 2.89. The predicted octanol–water partition coefficient (Wildman–Crippen LogP) is 3.73. The fourth-order valence-corrected chi connectivity index (χ4v) is 16.0. The lowest BCUT2D eigenvalue weighted by molar-refractivity contribution is 0.00895. The van der Waals surface area contributed by atoms with Crippen LogP contribution in [0, 0.1) is 0 Å². The van der Waals surface area contributed by atoms with E-state index in [9.17, 15) is 0 Å². The van der Waals surface area contributed by atoms with E-state index >= 15 is 0 Å². The molecule has 1 atom stereocenters. The molecule has 0 aromatic rings. The van der Waals surface area contributed by atoms with E-state index in [1.54, 1.807) is 0 Å². The summed E-state index contributed by atoms with van der Waals surface area (Å²) in [5, 5.41) is 0. The van der Waals surface area contributed by atoms with E-state index in [1.165, 1.54) is 0 Å². The average molecular weight is 312 g/mol. The van der Waals surface area contributed by atoms with Gasteiger partial charge in [-0.1, -0.05) is 52.6 Å². The zero-order chi connectivity index (χ0) is 13.9. The molecule has 0 aromatic heterocycles. The van der Waals surface area contributed by atoms with Crippen LogP contribution in [0.5, 0.6) is 0 Å². The fourth-order valence-electron chi connectivity index (χ4n) is 3.26. The van der Waals surface area contributed by atoms with Gasteiger partial charge in [0.1, 0.15) is 16.5 Å². The van der Waals surface area contributed by atoms with Crippen molar-refractivity contribution < 1.29 is 4.43 Å². The van der Waals surface area contributed by atoms with E-state index in [0.29, 0.717) is 0 Å². The lowest BCUT2D eigenvalue weighted by atomic mass is 10.1. The maximum atomic E-state index is 6.08. The van der Waals surface area contributed by atoms with Crippen molar-refractivity contribution >= 4 is 36.6 Å². The number of hydrogen-bond acceptors (Lipinski definition) is 2. The summed E-state index contributed by atoms with van der Waals surface area (Å²) in [4.78, 5) is 0. The Kier molecular flexibility index (Phi) is 6.66. The summed E-state index contributed by atoms with van der Waals surface area (Å²) in [5.41, 5.74) is -0.127. The standard InChI is InChI=1S/C11H30ClNOSi3/c1-9-10-11(2,14-15-12)13(16(3,4)5)17(6,7)8/h9-10,15H2,1-8H3. The minimum Gasteiger partial charge on any atom is -0.392 e. The van der Waals surface area contributed by atoms with E-state index in [2.05, 4.69) is 57.4 Å². The fraction of sp³-hybridized carbons (Fsp3) is 1.00. The Morgan fingerprint density at radius 3 is 1.76 bits per heavy atom. The molecule has 0 amide bonds. The van der Waals surface area contributed by atoms with Crippen molar-refractivity contribution in [3.05, 3.63) is 0 Å². The van der Waals surface area contributed by atoms with Gasteiger partial charge < -0.3 is 8.66 Å². The van der Waals surface area contributed by atoms with Crippen LogP contribution in [0.2, 0.25) is 39.3 Å². The topological polar surface area (TPSA) is 12.5 Å². The van der Waals surface area contributed by atoms with Gasteiger partial charge in [-0.25, -0.2) is 0 Å². The highest BCUT2D eigenvalue weighted by molar-refractivity contribution is 6.91. The van der Waals surface area contributed by atoms with Gasteiger partial charge in [-0.3, -0.25) is 0 Å². The Morgan fingerprint density at radius 2 is 1.53 bits per heavy atom. The van der Waals surface area contributed by atoms with E-state index in [-0.39, 0.29) is 5.72 Å². The lowest BCUT2D eigenvalue weighted by Gasteiger charge is -2.54. The second kappa shape index (κ2) is 6.34. The van der Waals surface area contributed by atoms with Crippen LogP contribution in [0.3, 0.4) is 0 Å². The van der Waals surface area contributed by atoms with Crippen molar-refractivity contribution in [2.75, 3.05) is 0 Å². The average Bonchev–Trinajstić information content (AvgIpc) is 1.97. The van der Waals surface area contributed by atoms with Gasteiger partial charge >= 0.3 is 0 Å². The van der Waals surface area contributed by atoms with Gasteiger partial charge in [0.05, 0.1) is 5.72 Å². The van der Waals surface area contributed by atoms with Crippen LogP contribution >= 0.6 is 11.1 Å². The molecule has 0 aromatic carbocycles. The highest BCUT2D eigenvalue weighted by atomic mass is 35.6. The molecule has 0 rings (SSSR count). The molecule has 17 heavy (non-hydrogen) atoms. The van der Waals surface area contributed by atoms with Crippen LogP contribution in [0.25, 0.3) is 0 Å². The molecule has 1 unspecified atom stereocenters. The van der Waals surface area contributed by atoms with E-state index < -0.39 is 25.5 Å². The molecule has 6 heteroatoms. The molecule has 0 fully saturated rings. The van der Waals surface area contributed by atoms with Gasteiger partial charge in [0.2, 0.25) is 0 Å². The van der Waals surface area contributed by atoms with Crippen LogP contribution in [0.15, 0.2) is 0 Å². The second-order valence-electron chi connectivity index (χ2n) is 6.86. The van der Waals surface area contributed by atoms with Crippen LogP contribution < -0.4 is 0 Å². The zero-order valence-electron chi connectivity index (χ0n) is 12.9. The maximum Gasteiger partial charge on any atom is 0.260 e. The van der Waals surface area contributed by atoms with E-state index in [1.807, 2.05) is 0 Å². The Morgan fingerprint density at radius 1 is 1.12 bits per heavy atom. The maximum absolute atomic E-state index is 6.08. The van der Waals surface area contributed by atoms with Crippen LogP contribution in [0.1, 0.15) is 26.7 Å². The van der Waals surface area contributed by atoms with Gasteiger partial charge in [-0.05, 0) is 13.3 Å². The first kappa shape index (κ1) is 17.9. The van der Waals surface area contributed by atoms with Crippen LogP contribution in [-0.4, -0.2) is 35.5 Å². The number of rotatable bonds is 7. The molecule has 0 N–H and O–H groups in total. The van der Waals surface area contributed by atoms with Crippen molar-refractivity contribution in [3.8, 4) is 0 Å². The molecular formula is C11H30ClNOSi3. The smallest absolute Gasteiger partial charge is 0.260 e. The predicted molar refractivity (Wildman–Crippen MR) is 87.3 cm³/mol. The third kappa shape index (κ3) is 5.16. The monoisotopic (exact) mass is 311 g/mol. The first-order chi connectivity index (χ1) is 7.49. The van der Waals surface area contributed by atoms with Crippen LogP contribution in [-0.2, 0) is 4.43 Å². The third-order valence-corrected chi connectivity index (χ3v) is 11.6. The largest absolute Gasteiger partial charge is 0.392 e. The molecule has 0 saturated carbocycles. The Bertz CT molecular complexity index is 218. The summed E-state index contributed by atoms with van der Waals surface area (Å²) in [6.45, 7) is 19.0. The SMILES string of the molecule is CCCC(C)(O[SiH2]Cl)N([Si](C)(C)C)[Si](C)(C)C. The highest BCUT2D eigenvalue weighted by Gasteiger charge is 2.45. The molecule has 0 spiro atoms. The zero-order valence-corrected chi connectivity index (χ0v) is 17.0. The Hall–Kier alpha value is 0.861. The van der Waals surface area contributed by atoms with Gasteiger partial charge in [0.15, 0.2) is 0 Å². The molecular weight excluding hydrogens is 282 g/mol. The summed E-state index contributed by atoms with van der Waals surface area (Å²) in [5.74, 6) is 0. The molecule has 0 heterocycles. The highest BCUT2D eigenvalue weighted by Crippen LogP contribution is 2.33. The van der Waals surface area contributed by atoms with Crippen molar-refractivity contribution in [1.82, 2.24) is 4.23 Å². The molecule has 0 radical (unpaired) electrons. The van der Waals surface area contributed by atoms with Gasteiger partial charge in [-0.15, -0.1) is 11.1 Å². The molecule has 0 aliphatic carbocycles. The molecule has 0 saturated heterocycles. The van der Waals surface area contributed by atoms with Gasteiger partial charge in [0, 0.05) is 0 Å². The lowest BCUT2D eigenvalue weighted by Crippen LogP contribution is -2.69. The number of halogens is 1. The summed E-state index contributed by atoms with van der Waals surface area (Å²) in [6.07, 6.45) is 2.23. The molecule has 2 nitrogen and oxygen atoms in total. The number of hydrogen-bond donors (Lipinski definition) is 0. The van der Waals surface area contributed by atoms with Gasteiger partial charge in [0.25, 0.3) is 9.07 Å². The van der Waals surface area contributed by atoms with Crippen molar-refractivity contribution in [3.63, 3.8) is 0 Å². The minimum absolute atomic E-state index is 0.127. The van der Waals surface area contributed by atoms with Crippen molar-refractivity contribution in [2.45, 2.75) is 71.7 Å². The Labute approximate surface area is 117 Å². The van der Waals surface area contributed by atoms with Gasteiger partial charge in [-0.2, -0.15) is 0 Å². The Balaban J connectivity index is 5.38.